The lowest BCUT2D eigenvalue weighted by atomic mass is 9.91. The van der Waals surface area contributed by atoms with Gasteiger partial charge in [-0.25, -0.2) is 4.79 Å². The summed E-state index contributed by atoms with van der Waals surface area (Å²) in [5, 5.41) is 9.57. The molecule has 2 unspecified atom stereocenters. The molecule has 1 N–H and O–H groups in total. The van der Waals surface area contributed by atoms with Gasteiger partial charge in [0, 0.05) is 17.4 Å². The summed E-state index contributed by atoms with van der Waals surface area (Å²) in [6.07, 6.45) is 0.351. The fraction of sp³-hybridized carbons (Fsp3) is 0.263. The number of nitrogens with zero attached hydrogens (tertiary/aromatic N) is 1. The van der Waals surface area contributed by atoms with E-state index in [1.54, 1.807) is 0 Å². The second-order valence-electron chi connectivity index (χ2n) is 6.07. The molecule has 5 heteroatoms. The molecule has 1 heterocycles. The first-order chi connectivity index (χ1) is 11.5. The van der Waals surface area contributed by atoms with Crippen LogP contribution >= 0.6 is 15.9 Å². The number of carboxylic acid groups (broad SMARTS) is 1. The highest BCUT2D eigenvalue weighted by Gasteiger charge is 2.36. The zero-order valence-electron chi connectivity index (χ0n) is 13.3. The van der Waals surface area contributed by atoms with Gasteiger partial charge in [-0.1, -0.05) is 52.3 Å². The third-order valence-electron chi connectivity index (χ3n) is 4.56. The molecule has 124 valence electrons. The maximum Gasteiger partial charge on any atom is 0.326 e. The van der Waals surface area contributed by atoms with Crippen LogP contribution in [0, 0.1) is 0 Å². The monoisotopic (exact) mass is 387 g/mol. The van der Waals surface area contributed by atoms with Gasteiger partial charge in [0.2, 0.25) is 5.91 Å². The lowest BCUT2D eigenvalue weighted by Gasteiger charge is -2.36. The zero-order valence-corrected chi connectivity index (χ0v) is 14.9. The Morgan fingerprint density at radius 1 is 1.12 bits per heavy atom. The Hall–Kier alpha value is -2.14. The fourth-order valence-electron chi connectivity index (χ4n) is 3.12. The van der Waals surface area contributed by atoms with Crippen molar-refractivity contribution < 1.29 is 14.7 Å². The number of amides is 1. The maximum atomic E-state index is 13.0. The van der Waals surface area contributed by atoms with Crippen molar-refractivity contribution >= 4 is 27.8 Å². The molecule has 24 heavy (non-hydrogen) atoms. The molecule has 4 nitrogen and oxygen atoms in total. The molecule has 2 aromatic rings. The van der Waals surface area contributed by atoms with Gasteiger partial charge in [-0.15, -0.1) is 0 Å². The minimum atomic E-state index is -0.958. The van der Waals surface area contributed by atoms with Gasteiger partial charge >= 0.3 is 5.97 Å². The smallest absolute Gasteiger partial charge is 0.326 e. The van der Waals surface area contributed by atoms with Crippen LogP contribution in [0.1, 0.15) is 29.5 Å². The van der Waals surface area contributed by atoms with Crippen LogP contribution in [0.5, 0.6) is 0 Å². The van der Waals surface area contributed by atoms with Crippen molar-refractivity contribution in [2.45, 2.75) is 31.8 Å². The summed E-state index contributed by atoms with van der Waals surface area (Å²) in [7, 11) is 0. The second-order valence-corrected chi connectivity index (χ2v) is 6.98. The number of carboxylic acids is 1. The number of aliphatic carboxylic acids is 1. The van der Waals surface area contributed by atoms with Crippen LogP contribution in [0.4, 0.5) is 0 Å². The van der Waals surface area contributed by atoms with Crippen molar-refractivity contribution in [2.24, 2.45) is 0 Å². The highest BCUT2D eigenvalue weighted by molar-refractivity contribution is 9.10. The molecular formula is C19H18BrNO3. The average molecular weight is 388 g/mol. The van der Waals surface area contributed by atoms with Crippen LogP contribution < -0.4 is 0 Å². The summed E-state index contributed by atoms with van der Waals surface area (Å²) >= 11 is 3.38. The van der Waals surface area contributed by atoms with E-state index in [0.29, 0.717) is 13.0 Å². The van der Waals surface area contributed by atoms with E-state index in [4.69, 9.17) is 0 Å². The first-order valence-electron chi connectivity index (χ1n) is 7.83. The zero-order chi connectivity index (χ0) is 17.3. The molecule has 1 aliphatic heterocycles. The third-order valence-corrected chi connectivity index (χ3v) is 5.09. The van der Waals surface area contributed by atoms with Crippen molar-refractivity contribution in [3.8, 4) is 0 Å². The number of hydrogen-bond donors (Lipinski definition) is 1. The number of carbonyl (C=O) groups is 2. The molecule has 0 saturated heterocycles. The molecule has 0 radical (unpaired) electrons. The standard InChI is InChI=1S/C19H18BrNO3/c1-12(13-6-8-16(20)9-7-13)18(22)21-11-15-5-3-2-4-14(15)10-17(21)19(23)24/h2-9,12,17H,10-11H2,1H3,(H,23,24). The quantitative estimate of drug-likeness (QED) is 0.875. The number of carbonyl (C=O) groups excluding carboxylic acids is 1. The van der Waals surface area contributed by atoms with E-state index in [2.05, 4.69) is 15.9 Å². The number of benzene rings is 2. The Morgan fingerprint density at radius 3 is 2.38 bits per heavy atom. The van der Waals surface area contributed by atoms with Crippen molar-refractivity contribution in [3.63, 3.8) is 0 Å². The van der Waals surface area contributed by atoms with Gasteiger partial charge in [-0.3, -0.25) is 4.79 Å². The molecule has 1 aliphatic rings. The minimum Gasteiger partial charge on any atom is -0.480 e. The van der Waals surface area contributed by atoms with E-state index in [1.165, 1.54) is 4.90 Å². The van der Waals surface area contributed by atoms with E-state index in [0.717, 1.165) is 21.2 Å². The van der Waals surface area contributed by atoms with Crippen LogP contribution in [0.3, 0.4) is 0 Å². The lowest BCUT2D eigenvalue weighted by Crippen LogP contribution is -2.49. The molecular weight excluding hydrogens is 370 g/mol. The van der Waals surface area contributed by atoms with Crippen LogP contribution in [-0.2, 0) is 22.6 Å². The Labute approximate surface area is 149 Å². The second kappa shape index (κ2) is 6.77. The number of halogens is 1. The third kappa shape index (κ3) is 3.22. The van der Waals surface area contributed by atoms with Crippen LogP contribution in [0.25, 0.3) is 0 Å². The Bertz CT molecular complexity index is 772. The minimum absolute atomic E-state index is 0.153. The summed E-state index contributed by atoms with van der Waals surface area (Å²) in [5.41, 5.74) is 2.91. The summed E-state index contributed by atoms with van der Waals surface area (Å²) in [4.78, 5) is 26.1. The van der Waals surface area contributed by atoms with Crippen molar-refractivity contribution in [1.29, 1.82) is 0 Å². The van der Waals surface area contributed by atoms with Crippen molar-refractivity contribution in [1.82, 2.24) is 4.90 Å². The van der Waals surface area contributed by atoms with E-state index < -0.39 is 12.0 Å². The summed E-state index contributed by atoms with van der Waals surface area (Å²) in [6, 6.07) is 14.5. The molecule has 2 aromatic carbocycles. The summed E-state index contributed by atoms with van der Waals surface area (Å²) < 4.78 is 0.946. The van der Waals surface area contributed by atoms with Gasteiger partial charge in [0.1, 0.15) is 6.04 Å². The number of hydrogen-bond acceptors (Lipinski definition) is 2. The van der Waals surface area contributed by atoms with Gasteiger partial charge in [0.15, 0.2) is 0 Å². The fourth-order valence-corrected chi connectivity index (χ4v) is 3.38. The van der Waals surface area contributed by atoms with E-state index in [1.807, 2.05) is 55.5 Å². The predicted molar refractivity (Wildman–Crippen MR) is 94.7 cm³/mol. The molecule has 0 aromatic heterocycles. The van der Waals surface area contributed by atoms with Gasteiger partial charge in [-0.2, -0.15) is 0 Å². The molecule has 0 saturated carbocycles. The van der Waals surface area contributed by atoms with E-state index in [9.17, 15) is 14.7 Å². The molecule has 0 fully saturated rings. The Morgan fingerprint density at radius 2 is 1.75 bits per heavy atom. The average Bonchev–Trinajstić information content (AvgIpc) is 2.60. The molecule has 1 amide bonds. The van der Waals surface area contributed by atoms with E-state index in [-0.39, 0.29) is 11.8 Å². The highest BCUT2D eigenvalue weighted by atomic mass is 79.9. The van der Waals surface area contributed by atoms with Gasteiger partial charge in [0.05, 0.1) is 5.92 Å². The maximum absolute atomic E-state index is 13.0. The number of rotatable bonds is 3. The van der Waals surface area contributed by atoms with E-state index >= 15 is 0 Å². The van der Waals surface area contributed by atoms with Crippen LogP contribution in [-0.4, -0.2) is 27.9 Å². The molecule has 0 aliphatic carbocycles. The van der Waals surface area contributed by atoms with Crippen molar-refractivity contribution in [3.05, 3.63) is 69.7 Å². The molecule has 0 bridgehead atoms. The topological polar surface area (TPSA) is 57.6 Å². The SMILES string of the molecule is CC(C(=O)N1Cc2ccccc2CC1C(=O)O)c1ccc(Br)cc1. The Kier molecular flexibility index (Phi) is 4.71. The normalized spacial score (nSPS) is 17.9. The Balaban J connectivity index is 1.89. The van der Waals surface area contributed by atoms with Crippen molar-refractivity contribution in [2.75, 3.05) is 0 Å². The largest absolute Gasteiger partial charge is 0.480 e. The molecule has 2 atom stereocenters. The van der Waals surface area contributed by atoms with Gasteiger partial charge in [-0.05, 0) is 35.7 Å². The lowest BCUT2D eigenvalue weighted by molar-refractivity contribution is -0.151. The van der Waals surface area contributed by atoms with Gasteiger partial charge < -0.3 is 10.0 Å². The highest BCUT2D eigenvalue weighted by Crippen LogP contribution is 2.28. The van der Waals surface area contributed by atoms with Crippen LogP contribution in [0.2, 0.25) is 0 Å². The predicted octanol–water partition coefficient (Wildman–Crippen LogP) is 3.59. The first kappa shape index (κ1) is 16.7. The van der Waals surface area contributed by atoms with Gasteiger partial charge in [0.25, 0.3) is 0 Å². The number of fused-ring (bicyclic) bond motifs is 1. The first-order valence-corrected chi connectivity index (χ1v) is 8.62. The summed E-state index contributed by atoms with van der Waals surface area (Å²) in [5.74, 6) is -1.50. The molecule has 3 rings (SSSR count). The van der Waals surface area contributed by atoms with Crippen LogP contribution in [0.15, 0.2) is 53.0 Å². The molecule has 0 spiro atoms. The summed E-state index contributed by atoms with van der Waals surface area (Å²) in [6.45, 7) is 2.16.